The van der Waals surface area contributed by atoms with Gasteiger partial charge in [0.1, 0.15) is 6.10 Å². The van der Waals surface area contributed by atoms with E-state index in [2.05, 4.69) is 85.0 Å². The minimum atomic E-state index is -1.80. The molecule has 1 saturated heterocycles. The number of ether oxygens (including phenoxy) is 1. The van der Waals surface area contributed by atoms with Crippen molar-refractivity contribution in [3.05, 3.63) is 36.0 Å². The molecule has 1 fully saturated rings. The normalized spacial score (nSPS) is 26.7. The van der Waals surface area contributed by atoms with Crippen LogP contribution >= 0.6 is 0 Å². The highest BCUT2D eigenvalue weighted by Gasteiger charge is 2.42. The molecule has 0 N–H and O–H groups in total. The van der Waals surface area contributed by atoms with Crippen LogP contribution in [-0.2, 0) is 9.16 Å². The van der Waals surface area contributed by atoms with Crippen LogP contribution in [0.25, 0.3) is 0 Å². The molecule has 144 valence electrons. The second-order valence-electron chi connectivity index (χ2n) is 9.02. The fourth-order valence-corrected chi connectivity index (χ4v) is 4.09. The lowest BCUT2D eigenvalue weighted by Gasteiger charge is -2.44. The van der Waals surface area contributed by atoms with Gasteiger partial charge >= 0.3 is 0 Å². The van der Waals surface area contributed by atoms with Gasteiger partial charge in [0, 0.05) is 0 Å². The highest BCUT2D eigenvalue weighted by atomic mass is 28.4. The molecule has 0 amide bonds. The van der Waals surface area contributed by atoms with Gasteiger partial charge in [-0.25, -0.2) is 0 Å². The molecule has 0 aromatic carbocycles. The Kier molecular flexibility index (Phi) is 8.86. The molecule has 3 heteroatoms. The monoisotopic (exact) mass is 364 g/mol. The van der Waals surface area contributed by atoms with E-state index in [0.29, 0.717) is 5.92 Å². The van der Waals surface area contributed by atoms with Gasteiger partial charge in [0.05, 0.1) is 12.7 Å². The molecule has 1 aliphatic rings. The van der Waals surface area contributed by atoms with E-state index in [9.17, 15) is 0 Å². The summed E-state index contributed by atoms with van der Waals surface area (Å²) in [6.07, 6.45) is 14.4. The molecule has 0 saturated carbocycles. The highest BCUT2D eigenvalue weighted by molar-refractivity contribution is 6.74. The number of allylic oxidation sites excluding steroid dienone is 5. The van der Waals surface area contributed by atoms with Crippen LogP contribution in [0.15, 0.2) is 36.0 Å². The van der Waals surface area contributed by atoms with Gasteiger partial charge in [-0.1, -0.05) is 71.4 Å². The van der Waals surface area contributed by atoms with Crippen molar-refractivity contribution >= 4 is 8.32 Å². The largest absolute Gasteiger partial charge is 0.411 e. The summed E-state index contributed by atoms with van der Waals surface area (Å²) in [7, 11) is -1.80. The molecule has 0 radical (unpaired) electrons. The molecule has 0 unspecified atom stereocenters. The van der Waals surface area contributed by atoms with Crippen molar-refractivity contribution in [3.8, 4) is 0 Å². The van der Waals surface area contributed by atoms with Crippen molar-refractivity contribution in [2.24, 2.45) is 5.92 Å². The minimum Gasteiger partial charge on any atom is -0.411 e. The maximum atomic E-state index is 6.74. The zero-order valence-electron chi connectivity index (χ0n) is 17.8. The van der Waals surface area contributed by atoms with E-state index in [1.165, 1.54) is 12.0 Å². The second kappa shape index (κ2) is 9.89. The molecule has 1 aliphatic heterocycles. The van der Waals surface area contributed by atoms with Crippen molar-refractivity contribution < 1.29 is 9.16 Å². The predicted molar refractivity (Wildman–Crippen MR) is 113 cm³/mol. The van der Waals surface area contributed by atoms with Gasteiger partial charge in [0.25, 0.3) is 0 Å². The standard InChI is InChI=1S/C22H40O2Si/c1-9-10-11-12-13-14-15-19(3)21-20(16-18(2)17-23-21)24-25(7,8)22(4,5)6/h11-15,18,20-21H,9-10,16-17H2,1-8H3/t18-,20+,21-/m0/s1. The SMILES string of the molecule is CCCC=CC=CC=C(C)[C@@H]1OC[C@@H](C)C[C@H]1O[Si](C)(C)C(C)(C)C. The first kappa shape index (κ1) is 22.4. The summed E-state index contributed by atoms with van der Waals surface area (Å²) in [4.78, 5) is 0. The van der Waals surface area contributed by atoms with Crippen molar-refractivity contribution in [1.82, 2.24) is 0 Å². The van der Waals surface area contributed by atoms with Gasteiger partial charge in [-0.15, -0.1) is 0 Å². The zero-order chi connectivity index (χ0) is 19.1. The van der Waals surface area contributed by atoms with E-state index in [1.807, 2.05) is 0 Å². The molecular formula is C22H40O2Si. The topological polar surface area (TPSA) is 18.5 Å². The van der Waals surface area contributed by atoms with E-state index in [1.54, 1.807) is 0 Å². The Hall–Kier alpha value is -0.643. The van der Waals surface area contributed by atoms with Crippen LogP contribution < -0.4 is 0 Å². The average molecular weight is 365 g/mol. The van der Waals surface area contributed by atoms with Gasteiger partial charge < -0.3 is 9.16 Å². The van der Waals surface area contributed by atoms with Crippen molar-refractivity contribution in [2.75, 3.05) is 6.61 Å². The minimum absolute atomic E-state index is 0.0783. The lowest BCUT2D eigenvalue weighted by atomic mass is 9.93. The van der Waals surface area contributed by atoms with Crippen LogP contribution in [0.2, 0.25) is 18.1 Å². The first-order valence-electron chi connectivity index (χ1n) is 9.88. The summed E-state index contributed by atoms with van der Waals surface area (Å²) in [6.45, 7) is 19.0. The molecule has 2 nitrogen and oxygen atoms in total. The molecule has 0 aliphatic carbocycles. The van der Waals surface area contributed by atoms with Gasteiger partial charge in [0.15, 0.2) is 8.32 Å². The van der Waals surface area contributed by atoms with E-state index in [0.717, 1.165) is 19.4 Å². The lowest BCUT2D eigenvalue weighted by molar-refractivity contribution is -0.0705. The van der Waals surface area contributed by atoms with Crippen molar-refractivity contribution in [3.63, 3.8) is 0 Å². The Balaban J connectivity index is 2.83. The number of hydrogen-bond donors (Lipinski definition) is 0. The first-order valence-corrected chi connectivity index (χ1v) is 12.8. The number of rotatable bonds is 7. The van der Waals surface area contributed by atoms with Gasteiger partial charge in [-0.05, 0) is 49.4 Å². The second-order valence-corrected chi connectivity index (χ2v) is 13.8. The fraction of sp³-hybridized carbons (Fsp3) is 0.727. The first-order chi connectivity index (χ1) is 11.6. The van der Waals surface area contributed by atoms with E-state index >= 15 is 0 Å². The van der Waals surface area contributed by atoms with E-state index in [4.69, 9.17) is 9.16 Å². The molecule has 25 heavy (non-hydrogen) atoms. The summed E-state index contributed by atoms with van der Waals surface area (Å²) in [5.74, 6) is 0.561. The highest BCUT2D eigenvalue weighted by Crippen LogP contribution is 2.40. The molecule has 1 rings (SSSR count). The molecule has 0 aromatic heterocycles. The third-order valence-electron chi connectivity index (χ3n) is 5.41. The predicted octanol–water partition coefficient (Wildman–Crippen LogP) is 6.66. The Morgan fingerprint density at radius 2 is 1.88 bits per heavy atom. The smallest absolute Gasteiger partial charge is 0.192 e. The van der Waals surface area contributed by atoms with Gasteiger partial charge in [-0.2, -0.15) is 0 Å². The van der Waals surface area contributed by atoms with Crippen LogP contribution in [0.4, 0.5) is 0 Å². The number of unbranched alkanes of at least 4 members (excludes halogenated alkanes) is 1. The zero-order valence-corrected chi connectivity index (χ0v) is 18.8. The Bertz CT molecular complexity index is 483. The van der Waals surface area contributed by atoms with Crippen molar-refractivity contribution in [2.45, 2.75) is 91.1 Å². The lowest BCUT2D eigenvalue weighted by Crippen LogP contribution is -2.50. The summed E-state index contributed by atoms with van der Waals surface area (Å²) >= 11 is 0. The van der Waals surface area contributed by atoms with Crippen LogP contribution in [-0.4, -0.2) is 27.1 Å². The summed E-state index contributed by atoms with van der Waals surface area (Å²) in [5, 5.41) is 0.222. The van der Waals surface area contributed by atoms with Crippen LogP contribution in [0.1, 0.15) is 60.8 Å². The van der Waals surface area contributed by atoms with Gasteiger partial charge in [-0.3, -0.25) is 0 Å². The quantitative estimate of drug-likeness (QED) is 0.371. The summed E-state index contributed by atoms with van der Waals surface area (Å²) in [6, 6.07) is 0. The molecular weight excluding hydrogens is 324 g/mol. The average Bonchev–Trinajstić information content (AvgIpc) is 2.49. The third-order valence-corrected chi connectivity index (χ3v) is 9.91. The van der Waals surface area contributed by atoms with Crippen LogP contribution in [0.5, 0.6) is 0 Å². The molecule has 1 heterocycles. The molecule has 0 aromatic rings. The Morgan fingerprint density at radius 3 is 2.48 bits per heavy atom. The fourth-order valence-electron chi connectivity index (χ4n) is 2.76. The van der Waals surface area contributed by atoms with E-state index < -0.39 is 8.32 Å². The molecule has 0 spiro atoms. The maximum absolute atomic E-state index is 6.74. The van der Waals surface area contributed by atoms with Gasteiger partial charge in [0.2, 0.25) is 0 Å². The third kappa shape index (κ3) is 7.24. The summed E-state index contributed by atoms with van der Waals surface area (Å²) < 4.78 is 12.9. The molecule has 0 bridgehead atoms. The van der Waals surface area contributed by atoms with Crippen LogP contribution in [0.3, 0.4) is 0 Å². The van der Waals surface area contributed by atoms with Crippen molar-refractivity contribution in [1.29, 1.82) is 0 Å². The van der Waals surface area contributed by atoms with Crippen LogP contribution in [0, 0.1) is 5.92 Å². The maximum Gasteiger partial charge on any atom is 0.192 e. The number of hydrogen-bond acceptors (Lipinski definition) is 2. The summed E-state index contributed by atoms with van der Waals surface area (Å²) in [5.41, 5.74) is 1.26. The Labute approximate surface area is 157 Å². The van der Waals surface area contributed by atoms with E-state index in [-0.39, 0.29) is 17.2 Å². The molecule has 3 atom stereocenters. The Morgan fingerprint density at radius 1 is 1.20 bits per heavy atom.